The van der Waals surface area contributed by atoms with Gasteiger partial charge in [-0.25, -0.2) is 9.97 Å². The van der Waals surface area contributed by atoms with Crippen molar-refractivity contribution in [2.24, 2.45) is 0 Å². The third kappa shape index (κ3) is 11.8. The average molecular weight is 1480 g/mol. The van der Waals surface area contributed by atoms with Crippen LogP contribution in [0.1, 0.15) is 0 Å². The Balaban J connectivity index is 0.000000142. The lowest BCUT2D eigenvalue weighted by Crippen LogP contribution is -2.00. The van der Waals surface area contributed by atoms with Crippen molar-refractivity contribution in [3.8, 4) is 112 Å². The molecule has 17 aromatic carbocycles. The van der Waals surface area contributed by atoms with E-state index in [0.717, 1.165) is 78.6 Å². The summed E-state index contributed by atoms with van der Waals surface area (Å²) >= 11 is 0. The van der Waals surface area contributed by atoms with Gasteiger partial charge >= 0.3 is 0 Å². The second-order valence-electron chi connectivity index (χ2n) is 30.0. The number of fused-ring (bicyclic) bond motifs is 13. The molecule has 0 saturated carbocycles. The highest BCUT2D eigenvalue weighted by Crippen LogP contribution is 2.44. The first-order valence-corrected chi connectivity index (χ1v) is 39.7. The Kier molecular flexibility index (Phi) is 16.5. The summed E-state index contributed by atoms with van der Waals surface area (Å²) < 4.78 is 9.52. The molecule has 0 aliphatic carbocycles. The number of nitrogens with zero attached hydrogens (tertiary/aromatic N) is 6. The SMILES string of the molecule is c1ccc(-c2cc(-c3ccccc3)cc(-n3c4ccccc4c4cc(-c5ccc6c(c5)c5ccccc5n6-c5cc(-c6ccccc6)cc(-c6ccccc6)n5)ccc43)c2)cc1.c1ccc(-c2cc(-c3ccccc3)nc(-n3c4ccccc4c4cc(-c5ccc6c(c5)c5ccccc5n6-c5cccc6ccccc56)ccc43)c2)cc1. The maximum Gasteiger partial charge on any atom is 0.138 e. The van der Waals surface area contributed by atoms with E-state index >= 15 is 0 Å². The van der Waals surface area contributed by atoms with Crippen molar-refractivity contribution >= 4 is 98.0 Å². The van der Waals surface area contributed by atoms with Gasteiger partial charge in [0.05, 0.1) is 61.2 Å². The first-order valence-electron chi connectivity index (χ1n) is 39.7. The van der Waals surface area contributed by atoms with E-state index in [9.17, 15) is 0 Å². The minimum absolute atomic E-state index is 0.894. The molecule has 23 rings (SSSR count). The molecule has 0 aliphatic heterocycles. The predicted molar refractivity (Wildman–Crippen MR) is 487 cm³/mol. The molecule has 542 valence electrons. The summed E-state index contributed by atoms with van der Waals surface area (Å²) in [4.78, 5) is 10.7. The second-order valence-corrected chi connectivity index (χ2v) is 30.0. The highest BCUT2D eigenvalue weighted by molar-refractivity contribution is 6.16. The van der Waals surface area contributed by atoms with Gasteiger partial charge in [-0.2, -0.15) is 0 Å². The van der Waals surface area contributed by atoms with Crippen LogP contribution in [0.2, 0.25) is 0 Å². The van der Waals surface area contributed by atoms with Crippen LogP contribution < -0.4 is 0 Å². The summed E-state index contributed by atoms with van der Waals surface area (Å²) in [5.41, 5.74) is 29.8. The van der Waals surface area contributed by atoms with Gasteiger partial charge in [0.1, 0.15) is 11.6 Å². The molecule has 0 spiro atoms. The lowest BCUT2D eigenvalue weighted by molar-refractivity contribution is 1.08. The Morgan fingerprint density at radius 1 is 0.147 bits per heavy atom. The molecule has 0 bridgehead atoms. The van der Waals surface area contributed by atoms with E-state index in [4.69, 9.17) is 9.97 Å². The zero-order valence-corrected chi connectivity index (χ0v) is 63.3. The van der Waals surface area contributed by atoms with Gasteiger partial charge < -0.3 is 9.13 Å². The topological polar surface area (TPSA) is 45.5 Å². The Bertz CT molecular complexity index is 7310. The molecule has 0 fully saturated rings. The molecule has 0 N–H and O–H groups in total. The fourth-order valence-corrected chi connectivity index (χ4v) is 17.7. The summed E-state index contributed by atoms with van der Waals surface area (Å²) in [5, 5.41) is 12.2. The molecule has 6 heteroatoms. The van der Waals surface area contributed by atoms with E-state index in [0.29, 0.717) is 0 Å². The standard InChI is InChI=1S/C59H39N3.C51H33N3/c1-5-17-40(18-6-1)46-33-47(41-19-7-2-8-20-41)35-49(34-46)61-55-27-15-13-25-50(55)52-36-44(29-31-57(52)61)45-30-32-58-53(37-45)51-26-14-16-28-56(51)62(58)59-39-48(42-21-9-3-10-22-42)38-54(60-59)43-23-11-4-12-24-43;1-3-14-34(15-4-1)39-32-45(36-17-5-2-6-18-36)52-51(33-39)54-48-24-12-10-22-42(48)44-31-38(27-29-50(44)54)37-26-28-49-43(30-37)41-21-9-11-23-47(41)53(49)46-25-13-19-35-16-7-8-20-40(35)46/h1-39H;1-33H. The first kappa shape index (κ1) is 67.4. The number of pyridine rings is 2. The Hall–Kier alpha value is -15.5. The number of rotatable bonds is 12. The molecule has 23 aromatic rings. The molecule has 0 saturated heterocycles. The lowest BCUT2D eigenvalue weighted by Gasteiger charge is -2.14. The normalized spacial score (nSPS) is 11.6. The van der Waals surface area contributed by atoms with Gasteiger partial charge in [-0.1, -0.05) is 315 Å². The van der Waals surface area contributed by atoms with Crippen molar-refractivity contribution < 1.29 is 0 Å². The van der Waals surface area contributed by atoms with Gasteiger partial charge in [0.2, 0.25) is 0 Å². The number of benzene rings is 17. The van der Waals surface area contributed by atoms with E-state index in [1.165, 1.54) is 132 Å². The molecule has 0 unspecified atom stereocenters. The zero-order chi connectivity index (χ0) is 76.6. The van der Waals surface area contributed by atoms with Gasteiger partial charge in [-0.05, 0) is 193 Å². The van der Waals surface area contributed by atoms with Crippen LogP contribution in [-0.4, -0.2) is 28.2 Å². The molecule has 116 heavy (non-hydrogen) atoms. The van der Waals surface area contributed by atoms with Crippen LogP contribution in [0.5, 0.6) is 0 Å². The summed E-state index contributed by atoms with van der Waals surface area (Å²) in [6, 6.07) is 157. The number of aromatic nitrogens is 6. The molecule has 0 aliphatic rings. The van der Waals surface area contributed by atoms with E-state index < -0.39 is 0 Å². The lowest BCUT2D eigenvalue weighted by atomic mass is 9.98. The summed E-state index contributed by atoms with van der Waals surface area (Å²) in [5.74, 6) is 1.79. The number of hydrogen-bond acceptors (Lipinski definition) is 2. The van der Waals surface area contributed by atoms with Crippen LogP contribution in [0.25, 0.3) is 210 Å². The van der Waals surface area contributed by atoms with Gasteiger partial charge in [-0.15, -0.1) is 0 Å². The van der Waals surface area contributed by atoms with Crippen LogP contribution in [0.3, 0.4) is 0 Å². The highest BCUT2D eigenvalue weighted by Gasteiger charge is 2.23. The summed E-state index contributed by atoms with van der Waals surface area (Å²) in [6.45, 7) is 0. The fraction of sp³-hybridized carbons (Fsp3) is 0. The quantitative estimate of drug-likeness (QED) is 0.122. The van der Waals surface area contributed by atoms with Gasteiger partial charge in [-0.3, -0.25) is 9.13 Å². The maximum atomic E-state index is 5.35. The Morgan fingerprint density at radius 2 is 0.422 bits per heavy atom. The first-order chi connectivity index (χ1) is 57.5. The average Bonchev–Trinajstić information content (AvgIpc) is 1.62. The van der Waals surface area contributed by atoms with Crippen LogP contribution in [0.4, 0.5) is 0 Å². The predicted octanol–water partition coefficient (Wildman–Crippen LogP) is 29.0. The maximum absolute atomic E-state index is 5.35. The van der Waals surface area contributed by atoms with Crippen molar-refractivity contribution in [2.75, 3.05) is 0 Å². The molecule has 0 radical (unpaired) electrons. The van der Waals surface area contributed by atoms with Crippen LogP contribution in [0, 0.1) is 0 Å². The van der Waals surface area contributed by atoms with Crippen LogP contribution in [0.15, 0.2) is 437 Å². The molecule has 6 heterocycles. The van der Waals surface area contributed by atoms with Crippen molar-refractivity contribution in [2.45, 2.75) is 0 Å². The number of hydrogen-bond donors (Lipinski definition) is 0. The van der Waals surface area contributed by atoms with E-state index in [-0.39, 0.29) is 0 Å². The van der Waals surface area contributed by atoms with Crippen LogP contribution >= 0.6 is 0 Å². The minimum atomic E-state index is 0.894. The highest BCUT2D eigenvalue weighted by atomic mass is 15.1. The third-order valence-corrected chi connectivity index (χ3v) is 23.2. The zero-order valence-electron chi connectivity index (χ0n) is 63.3. The van der Waals surface area contributed by atoms with Gasteiger partial charge in [0, 0.05) is 65.3 Å². The van der Waals surface area contributed by atoms with E-state index in [1.54, 1.807) is 0 Å². The second kappa shape index (κ2) is 28.4. The molecule has 0 amide bonds. The third-order valence-electron chi connectivity index (χ3n) is 23.2. The molecule has 6 nitrogen and oxygen atoms in total. The molecule has 6 aromatic heterocycles. The van der Waals surface area contributed by atoms with Crippen LogP contribution in [-0.2, 0) is 0 Å². The monoisotopic (exact) mass is 1480 g/mol. The largest absolute Gasteiger partial charge is 0.309 e. The van der Waals surface area contributed by atoms with Crippen molar-refractivity contribution in [1.29, 1.82) is 0 Å². The van der Waals surface area contributed by atoms with Crippen molar-refractivity contribution in [1.82, 2.24) is 28.2 Å². The van der Waals surface area contributed by atoms with Gasteiger partial charge in [0.15, 0.2) is 0 Å². The Labute approximate surface area is 670 Å². The molecular weight excluding hydrogens is 1410 g/mol. The Morgan fingerprint density at radius 3 is 0.802 bits per heavy atom. The number of para-hydroxylation sites is 4. The smallest absolute Gasteiger partial charge is 0.138 e. The van der Waals surface area contributed by atoms with E-state index in [2.05, 4.69) is 455 Å². The molecule has 0 atom stereocenters. The van der Waals surface area contributed by atoms with Crippen molar-refractivity contribution in [3.63, 3.8) is 0 Å². The minimum Gasteiger partial charge on any atom is -0.309 e. The summed E-state index contributed by atoms with van der Waals surface area (Å²) in [7, 11) is 0. The van der Waals surface area contributed by atoms with Gasteiger partial charge in [0.25, 0.3) is 0 Å². The van der Waals surface area contributed by atoms with Crippen molar-refractivity contribution in [3.05, 3.63) is 437 Å². The molecular formula is C110H72N6. The summed E-state index contributed by atoms with van der Waals surface area (Å²) in [6.07, 6.45) is 0. The van der Waals surface area contributed by atoms with E-state index in [1.807, 2.05) is 0 Å². The fourth-order valence-electron chi connectivity index (χ4n) is 17.7.